The van der Waals surface area contributed by atoms with Gasteiger partial charge in [0.2, 0.25) is 11.8 Å². The second-order valence-corrected chi connectivity index (χ2v) is 4.89. The van der Waals surface area contributed by atoms with Gasteiger partial charge in [0.05, 0.1) is 18.4 Å². The van der Waals surface area contributed by atoms with E-state index >= 15 is 0 Å². The van der Waals surface area contributed by atoms with Crippen LogP contribution in [0.5, 0.6) is 0 Å². The molecule has 3 atom stereocenters. The van der Waals surface area contributed by atoms with Crippen LogP contribution in [0.4, 0.5) is 13.2 Å². The van der Waals surface area contributed by atoms with Crippen LogP contribution in [0.3, 0.4) is 0 Å². The van der Waals surface area contributed by atoms with Gasteiger partial charge in [0.1, 0.15) is 0 Å². The van der Waals surface area contributed by atoms with Crippen molar-refractivity contribution in [1.29, 1.82) is 0 Å². The molecule has 19 heavy (non-hydrogen) atoms. The van der Waals surface area contributed by atoms with Crippen molar-refractivity contribution >= 4 is 11.8 Å². The van der Waals surface area contributed by atoms with Crippen LogP contribution in [-0.4, -0.2) is 30.1 Å². The van der Waals surface area contributed by atoms with Gasteiger partial charge in [0, 0.05) is 6.04 Å². The topological polar surface area (TPSA) is 98.2 Å². The number of carbonyl (C=O) groups is 2. The Kier molecular flexibility index (Phi) is 5.16. The third-order valence-electron chi connectivity index (χ3n) is 3.24. The summed E-state index contributed by atoms with van der Waals surface area (Å²) in [7, 11) is 0. The molecule has 0 aliphatic heterocycles. The second-order valence-electron chi connectivity index (χ2n) is 4.89. The molecule has 5 N–H and O–H groups in total. The van der Waals surface area contributed by atoms with Crippen molar-refractivity contribution in [3.05, 3.63) is 0 Å². The Morgan fingerprint density at radius 2 is 1.95 bits per heavy atom. The molecular weight excluding hydrogens is 263 g/mol. The molecule has 0 aromatic heterocycles. The summed E-state index contributed by atoms with van der Waals surface area (Å²) >= 11 is 0. The Balaban J connectivity index is 2.48. The minimum absolute atomic E-state index is 0.0865. The quantitative estimate of drug-likeness (QED) is 0.696. The maximum absolute atomic E-state index is 12.6. The molecule has 0 radical (unpaired) electrons. The minimum Gasteiger partial charge on any atom is -0.370 e. The summed E-state index contributed by atoms with van der Waals surface area (Å²) in [6.45, 7) is 0. The van der Waals surface area contributed by atoms with Crippen LogP contribution in [0.2, 0.25) is 0 Å². The van der Waals surface area contributed by atoms with E-state index in [2.05, 4.69) is 5.32 Å². The number of primary amides is 1. The molecule has 1 fully saturated rings. The first kappa shape index (κ1) is 15.7. The molecule has 0 spiro atoms. The summed E-state index contributed by atoms with van der Waals surface area (Å²) in [5.41, 5.74) is 10.3. The molecule has 0 aromatic carbocycles. The molecule has 2 amide bonds. The molecular formula is C11H18F3N3O2. The molecule has 8 heteroatoms. The van der Waals surface area contributed by atoms with Crippen LogP contribution in [0.15, 0.2) is 0 Å². The average Bonchev–Trinajstić information content (AvgIpc) is 2.27. The number of nitrogens with two attached hydrogens (primary N) is 2. The smallest absolute Gasteiger partial charge is 0.370 e. The second kappa shape index (κ2) is 6.23. The van der Waals surface area contributed by atoms with E-state index < -0.39 is 36.0 Å². The van der Waals surface area contributed by atoms with Crippen molar-refractivity contribution in [2.24, 2.45) is 17.4 Å². The molecule has 1 aliphatic carbocycles. The summed E-state index contributed by atoms with van der Waals surface area (Å²) in [4.78, 5) is 22.2. The number of nitrogens with one attached hydrogen (secondary N) is 1. The Bertz CT molecular complexity index is 347. The zero-order valence-electron chi connectivity index (χ0n) is 10.4. The normalized spacial score (nSPS) is 25.7. The van der Waals surface area contributed by atoms with Crippen LogP contribution < -0.4 is 16.8 Å². The van der Waals surface area contributed by atoms with E-state index in [-0.39, 0.29) is 19.3 Å². The molecule has 0 aromatic rings. The predicted molar refractivity (Wildman–Crippen MR) is 61.7 cm³/mol. The molecule has 0 bridgehead atoms. The van der Waals surface area contributed by atoms with Gasteiger partial charge in [-0.3, -0.25) is 9.59 Å². The van der Waals surface area contributed by atoms with Gasteiger partial charge in [0.15, 0.2) is 0 Å². The van der Waals surface area contributed by atoms with Gasteiger partial charge in [0.25, 0.3) is 0 Å². The first-order valence-corrected chi connectivity index (χ1v) is 6.11. The summed E-state index contributed by atoms with van der Waals surface area (Å²) in [5.74, 6) is -2.75. The van der Waals surface area contributed by atoms with Gasteiger partial charge >= 0.3 is 6.18 Å². The highest BCUT2D eigenvalue weighted by Gasteiger charge is 2.42. The summed E-state index contributed by atoms with van der Waals surface area (Å²) in [6, 6.07) is -1.66. The highest BCUT2D eigenvalue weighted by molar-refractivity contribution is 5.87. The molecule has 0 saturated heterocycles. The molecule has 0 heterocycles. The Morgan fingerprint density at radius 1 is 1.32 bits per heavy atom. The number of rotatable bonds is 4. The van der Waals surface area contributed by atoms with E-state index in [0.717, 1.165) is 0 Å². The van der Waals surface area contributed by atoms with Crippen LogP contribution in [0.25, 0.3) is 0 Å². The maximum atomic E-state index is 12.6. The van der Waals surface area contributed by atoms with Crippen molar-refractivity contribution in [3.63, 3.8) is 0 Å². The third kappa shape index (κ3) is 5.06. The standard InChI is InChI=1S/C11H18F3N3O2/c12-11(13,14)6-2-1-3-7(4-6)17-10(19)8(15)5-9(16)18/h6-8H,1-5,15H2,(H2,16,18)(H,17,19). The predicted octanol–water partition coefficient (Wildman–Crippen LogP) is 0.426. The van der Waals surface area contributed by atoms with Gasteiger partial charge < -0.3 is 16.8 Å². The van der Waals surface area contributed by atoms with Gasteiger partial charge in [-0.2, -0.15) is 13.2 Å². The number of hydrogen-bond acceptors (Lipinski definition) is 3. The molecule has 1 rings (SSSR count). The Morgan fingerprint density at radius 3 is 2.47 bits per heavy atom. The van der Waals surface area contributed by atoms with E-state index in [9.17, 15) is 22.8 Å². The fraction of sp³-hybridized carbons (Fsp3) is 0.818. The summed E-state index contributed by atoms with van der Waals surface area (Å²) in [5, 5.41) is 2.45. The maximum Gasteiger partial charge on any atom is 0.391 e. The SMILES string of the molecule is NC(=O)CC(N)C(=O)NC1CCCC(C(F)(F)F)C1. The fourth-order valence-electron chi connectivity index (χ4n) is 2.24. The van der Waals surface area contributed by atoms with E-state index in [1.807, 2.05) is 0 Å². The number of alkyl halides is 3. The Hall–Kier alpha value is -1.31. The molecule has 110 valence electrons. The van der Waals surface area contributed by atoms with Gasteiger partial charge in [-0.25, -0.2) is 0 Å². The van der Waals surface area contributed by atoms with E-state index in [1.165, 1.54) is 0 Å². The molecule has 1 saturated carbocycles. The van der Waals surface area contributed by atoms with Crippen molar-refractivity contribution in [3.8, 4) is 0 Å². The zero-order valence-corrected chi connectivity index (χ0v) is 10.4. The van der Waals surface area contributed by atoms with Crippen molar-refractivity contribution < 1.29 is 22.8 Å². The van der Waals surface area contributed by atoms with Crippen molar-refractivity contribution in [2.75, 3.05) is 0 Å². The highest BCUT2D eigenvalue weighted by Crippen LogP contribution is 2.37. The van der Waals surface area contributed by atoms with Crippen molar-refractivity contribution in [2.45, 2.75) is 50.4 Å². The molecule has 5 nitrogen and oxygen atoms in total. The number of hydrogen-bond donors (Lipinski definition) is 3. The Labute approximate surface area is 108 Å². The average molecular weight is 281 g/mol. The van der Waals surface area contributed by atoms with Gasteiger partial charge in [-0.15, -0.1) is 0 Å². The van der Waals surface area contributed by atoms with Crippen molar-refractivity contribution in [1.82, 2.24) is 5.32 Å². The van der Waals surface area contributed by atoms with Crippen LogP contribution in [0.1, 0.15) is 32.1 Å². The fourth-order valence-corrected chi connectivity index (χ4v) is 2.24. The number of amides is 2. The zero-order chi connectivity index (χ0) is 14.6. The van der Waals surface area contributed by atoms with E-state index in [4.69, 9.17) is 11.5 Å². The van der Waals surface area contributed by atoms with Gasteiger partial charge in [-0.1, -0.05) is 6.42 Å². The highest BCUT2D eigenvalue weighted by atomic mass is 19.4. The van der Waals surface area contributed by atoms with Crippen LogP contribution in [0, 0.1) is 5.92 Å². The van der Waals surface area contributed by atoms with E-state index in [0.29, 0.717) is 12.8 Å². The first-order chi connectivity index (χ1) is 8.70. The lowest BCUT2D eigenvalue weighted by molar-refractivity contribution is -0.184. The lowest BCUT2D eigenvalue weighted by Gasteiger charge is -2.31. The third-order valence-corrected chi connectivity index (χ3v) is 3.24. The molecule has 1 aliphatic rings. The summed E-state index contributed by atoms with van der Waals surface area (Å²) in [6.07, 6.45) is -3.72. The van der Waals surface area contributed by atoms with Crippen LogP contribution in [-0.2, 0) is 9.59 Å². The van der Waals surface area contributed by atoms with Gasteiger partial charge in [-0.05, 0) is 19.3 Å². The lowest BCUT2D eigenvalue weighted by Crippen LogP contribution is -2.49. The molecule has 3 unspecified atom stereocenters. The largest absolute Gasteiger partial charge is 0.391 e. The first-order valence-electron chi connectivity index (χ1n) is 6.11. The minimum atomic E-state index is -4.24. The summed E-state index contributed by atoms with van der Waals surface area (Å²) < 4.78 is 37.8. The number of carbonyl (C=O) groups excluding carboxylic acids is 2. The van der Waals surface area contributed by atoms with E-state index in [1.54, 1.807) is 0 Å². The lowest BCUT2D eigenvalue weighted by atomic mass is 9.85. The number of halogens is 3. The van der Waals surface area contributed by atoms with Crippen LogP contribution >= 0.6 is 0 Å². The monoisotopic (exact) mass is 281 g/mol.